The third-order valence-corrected chi connectivity index (χ3v) is 5.00. The van der Waals surface area contributed by atoms with Crippen molar-refractivity contribution in [3.63, 3.8) is 0 Å². The van der Waals surface area contributed by atoms with Crippen LogP contribution in [0, 0.1) is 12.8 Å². The summed E-state index contributed by atoms with van der Waals surface area (Å²) >= 11 is 0. The molecule has 0 unspecified atom stereocenters. The van der Waals surface area contributed by atoms with Crippen molar-refractivity contribution in [2.24, 2.45) is 5.92 Å². The summed E-state index contributed by atoms with van der Waals surface area (Å²) in [7, 11) is 0. The highest BCUT2D eigenvalue weighted by atomic mass is 16.2. The molecule has 0 radical (unpaired) electrons. The first kappa shape index (κ1) is 15.8. The third kappa shape index (κ3) is 3.26. The highest BCUT2D eigenvalue weighted by molar-refractivity contribution is 5.79. The van der Waals surface area contributed by atoms with Gasteiger partial charge in [0.15, 0.2) is 0 Å². The van der Waals surface area contributed by atoms with Crippen LogP contribution in [0.4, 0.5) is 0 Å². The van der Waals surface area contributed by atoms with Gasteiger partial charge in [-0.1, -0.05) is 17.3 Å². The predicted molar refractivity (Wildman–Crippen MR) is 93.9 cm³/mol. The molecule has 1 saturated heterocycles. The van der Waals surface area contributed by atoms with E-state index in [1.165, 1.54) is 11.3 Å². The summed E-state index contributed by atoms with van der Waals surface area (Å²) in [6.45, 7) is 3.94. The lowest BCUT2D eigenvalue weighted by atomic mass is 9.92. The molecule has 1 amide bonds. The van der Waals surface area contributed by atoms with E-state index in [9.17, 15) is 4.79 Å². The van der Waals surface area contributed by atoms with Crippen molar-refractivity contribution in [3.8, 4) is 0 Å². The molecule has 0 saturated carbocycles. The van der Waals surface area contributed by atoms with E-state index in [4.69, 9.17) is 0 Å². The Morgan fingerprint density at radius 1 is 1.36 bits per heavy atom. The summed E-state index contributed by atoms with van der Waals surface area (Å²) in [5.41, 5.74) is 4.10. The number of hydrogen-bond acceptors (Lipinski definition) is 4. The average Bonchev–Trinajstić information content (AvgIpc) is 3.22. The minimum absolute atomic E-state index is 0.113. The molecule has 1 atom stereocenters. The maximum atomic E-state index is 12.7. The topological polar surface area (TPSA) is 79.7 Å². The lowest BCUT2D eigenvalue weighted by molar-refractivity contribution is -0.133. The third-order valence-electron chi connectivity index (χ3n) is 5.00. The van der Waals surface area contributed by atoms with Gasteiger partial charge >= 0.3 is 0 Å². The Morgan fingerprint density at radius 3 is 3.08 bits per heavy atom. The van der Waals surface area contributed by atoms with E-state index in [0.717, 1.165) is 43.4 Å². The minimum atomic E-state index is 0.113. The summed E-state index contributed by atoms with van der Waals surface area (Å²) in [5.74, 6) is 0.589. The van der Waals surface area contributed by atoms with Gasteiger partial charge in [-0.3, -0.25) is 9.89 Å². The molecule has 25 heavy (non-hydrogen) atoms. The molecule has 3 aromatic rings. The number of aromatic amines is 1. The monoisotopic (exact) mass is 338 g/mol. The van der Waals surface area contributed by atoms with Crippen LogP contribution in [0.2, 0.25) is 0 Å². The summed E-state index contributed by atoms with van der Waals surface area (Å²) in [6.07, 6.45) is 5.00. The fourth-order valence-corrected chi connectivity index (χ4v) is 3.59. The zero-order valence-corrected chi connectivity index (χ0v) is 14.4. The smallest absolute Gasteiger partial charge is 0.244 e. The number of nitrogens with one attached hydrogen (secondary N) is 1. The molecule has 7 heteroatoms. The highest BCUT2D eigenvalue weighted by Gasteiger charge is 2.25. The van der Waals surface area contributed by atoms with Crippen molar-refractivity contribution in [1.29, 1.82) is 0 Å². The SMILES string of the molecule is Cc1cn[nH]c1C[C@@H]1CCCN(C(=O)Cn2nnc3ccccc32)C1. The van der Waals surface area contributed by atoms with E-state index in [1.54, 1.807) is 4.68 Å². The van der Waals surface area contributed by atoms with Crippen molar-refractivity contribution in [2.75, 3.05) is 13.1 Å². The summed E-state index contributed by atoms with van der Waals surface area (Å²) in [6, 6.07) is 7.72. The van der Waals surface area contributed by atoms with Crippen molar-refractivity contribution in [3.05, 3.63) is 41.7 Å². The standard InChI is InChI=1S/C18H22N6O/c1-13-10-19-20-16(13)9-14-5-4-8-23(11-14)18(25)12-24-17-7-3-2-6-15(17)21-22-24/h2-3,6-7,10,14H,4-5,8-9,11-12H2,1H3,(H,19,20)/t14-/m0/s1. The second kappa shape index (κ2) is 6.66. The molecular formula is C18H22N6O. The normalized spacial score (nSPS) is 18.0. The summed E-state index contributed by atoms with van der Waals surface area (Å²) in [4.78, 5) is 14.7. The van der Waals surface area contributed by atoms with Crippen LogP contribution in [-0.4, -0.2) is 49.1 Å². The van der Waals surface area contributed by atoms with Gasteiger partial charge in [-0.15, -0.1) is 5.10 Å². The van der Waals surface area contributed by atoms with Gasteiger partial charge < -0.3 is 4.90 Å². The van der Waals surface area contributed by atoms with Crippen LogP contribution < -0.4 is 0 Å². The van der Waals surface area contributed by atoms with Gasteiger partial charge in [-0.25, -0.2) is 4.68 Å². The fraction of sp³-hybridized carbons (Fsp3) is 0.444. The molecule has 1 N–H and O–H groups in total. The van der Waals surface area contributed by atoms with Crippen molar-refractivity contribution < 1.29 is 4.79 Å². The molecule has 0 aliphatic carbocycles. The van der Waals surface area contributed by atoms with Crippen LogP contribution in [-0.2, 0) is 17.8 Å². The maximum absolute atomic E-state index is 12.7. The number of benzene rings is 1. The Morgan fingerprint density at radius 2 is 2.24 bits per heavy atom. The zero-order chi connectivity index (χ0) is 17.2. The van der Waals surface area contributed by atoms with Crippen LogP contribution in [0.25, 0.3) is 11.0 Å². The molecule has 3 heterocycles. The second-order valence-electron chi connectivity index (χ2n) is 6.82. The number of piperidine rings is 1. The largest absolute Gasteiger partial charge is 0.341 e. The average molecular weight is 338 g/mol. The summed E-state index contributed by atoms with van der Waals surface area (Å²) < 4.78 is 1.69. The van der Waals surface area contributed by atoms with Gasteiger partial charge in [0.1, 0.15) is 12.1 Å². The number of H-pyrrole nitrogens is 1. The molecule has 0 spiro atoms. The number of hydrogen-bond donors (Lipinski definition) is 1. The Balaban J connectivity index is 1.42. The summed E-state index contributed by atoms with van der Waals surface area (Å²) in [5, 5.41) is 15.4. The molecule has 1 aliphatic rings. The number of fused-ring (bicyclic) bond motifs is 1. The van der Waals surface area contributed by atoms with Gasteiger partial charge in [0.05, 0.1) is 11.7 Å². The maximum Gasteiger partial charge on any atom is 0.244 e. The Kier molecular flexibility index (Phi) is 4.21. The van der Waals surface area contributed by atoms with E-state index in [0.29, 0.717) is 5.92 Å². The second-order valence-corrected chi connectivity index (χ2v) is 6.82. The number of rotatable bonds is 4. The quantitative estimate of drug-likeness (QED) is 0.788. The van der Waals surface area contributed by atoms with Crippen LogP contribution in [0.15, 0.2) is 30.5 Å². The van der Waals surface area contributed by atoms with Gasteiger partial charge in [0, 0.05) is 18.8 Å². The van der Waals surface area contributed by atoms with E-state index >= 15 is 0 Å². The minimum Gasteiger partial charge on any atom is -0.341 e. The first-order valence-electron chi connectivity index (χ1n) is 8.75. The number of likely N-dealkylation sites (tertiary alicyclic amines) is 1. The van der Waals surface area contributed by atoms with Gasteiger partial charge in [-0.2, -0.15) is 5.10 Å². The van der Waals surface area contributed by atoms with Gasteiger partial charge in [-0.05, 0) is 49.8 Å². The molecule has 1 aromatic carbocycles. The predicted octanol–water partition coefficient (Wildman–Crippen LogP) is 1.94. The van der Waals surface area contributed by atoms with Crippen LogP contribution in [0.1, 0.15) is 24.1 Å². The van der Waals surface area contributed by atoms with Crippen molar-refractivity contribution in [2.45, 2.75) is 32.7 Å². The van der Waals surface area contributed by atoms with E-state index < -0.39 is 0 Å². The molecule has 7 nitrogen and oxygen atoms in total. The number of aryl methyl sites for hydroxylation is 1. The molecule has 4 rings (SSSR count). The number of carbonyl (C=O) groups excluding carboxylic acids is 1. The molecule has 130 valence electrons. The van der Waals surface area contributed by atoms with E-state index in [1.807, 2.05) is 35.4 Å². The number of para-hydroxylation sites is 1. The number of amides is 1. The lowest BCUT2D eigenvalue weighted by Crippen LogP contribution is -2.42. The molecular weight excluding hydrogens is 316 g/mol. The van der Waals surface area contributed by atoms with Crippen LogP contribution in [0.5, 0.6) is 0 Å². The van der Waals surface area contributed by atoms with Gasteiger partial charge in [0.2, 0.25) is 5.91 Å². The Hall–Kier alpha value is -2.70. The van der Waals surface area contributed by atoms with E-state index in [2.05, 4.69) is 27.4 Å². The number of carbonyl (C=O) groups is 1. The van der Waals surface area contributed by atoms with Crippen LogP contribution in [0.3, 0.4) is 0 Å². The van der Waals surface area contributed by atoms with E-state index in [-0.39, 0.29) is 12.5 Å². The number of nitrogens with zero attached hydrogens (tertiary/aromatic N) is 5. The highest BCUT2D eigenvalue weighted by Crippen LogP contribution is 2.22. The first-order chi connectivity index (χ1) is 12.2. The molecule has 1 aliphatic heterocycles. The Bertz CT molecular complexity index is 882. The lowest BCUT2D eigenvalue weighted by Gasteiger charge is -2.32. The molecule has 0 bridgehead atoms. The Labute approximate surface area is 146 Å². The van der Waals surface area contributed by atoms with Gasteiger partial charge in [0.25, 0.3) is 0 Å². The van der Waals surface area contributed by atoms with Crippen molar-refractivity contribution >= 4 is 16.9 Å². The van der Waals surface area contributed by atoms with Crippen molar-refractivity contribution in [1.82, 2.24) is 30.1 Å². The molecule has 1 fully saturated rings. The fourth-order valence-electron chi connectivity index (χ4n) is 3.59. The van der Waals surface area contributed by atoms with Crippen LogP contribution >= 0.6 is 0 Å². The zero-order valence-electron chi connectivity index (χ0n) is 14.4. The molecule has 2 aromatic heterocycles. The first-order valence-corrected chi connectivity index (χ1v) is 8.75. The number of aromatic nitrogens is 5.